The highest BCUT2D eigenvalue weighted by molar-refractivity contribution is 9.10. The molecule has 3 rings (SSSR count). The lowest BCUT2D eigenvalue weighted by Gasteiger charge is -2.32. The Labute approximate surface area is 150 Å². The van der Waals surface area contributed by atoms with Gasteiger partial charge in [-0.1, -0.05) is 0 Å². The zero-order valence-corrected chi connectivity index (χ0v) is 15.2. The standard InChI is InChI=1S/C17H23BrN4O2/c18-13-5-6-15(20-10-13)21-17(24)12-3-2-8-22(11-12)16(23)9-14-4-1-7-19-14/h5-6,10,12,14,19H,1-4,7-9,11H2,(H,20,21,24). The number of amides is 2. The van der Waals surface area contributed by atoms with E-state index in [0.29, 0.717) is 24.8 Å². The SMILES string of the molecule is O=C(Nc1ccc(Br)cn1)C1CCCN(C(=O)CC2CCCN2)C1. The first-order valence-corrected chi connectivity index (χ1v) is 9.34. The van der Waals surface area contributed by atoms with Crippen LogP contribution in [0.2, 0.25) is 0 Å². The molecule has 2 amide bonds. The number of hydrogen-bond donors (Lipinski definition) is 2. The summed E-state index contributed by atoms with van der Waals surface area (Å²) in [6, 6.07) is 3.91. The van der Waals surface area contributed by atoms with Gasteiger partial charge >= 0.3 is 0 Å². The molecule has 2 atom stereocenters. The Balaban J connectivity index is 1.53. The summed E-state index contributed by atoms with van der Waals surface area (Å²) >= 11 is 3.32. The third-order valence-corrected chi connectivity index (χ3v) is 5.18. The number of carbonyl (C=O) groups excluding carboxylic acids is 2. The summed E-state index contributed by atoms with van der Waals surface area (Å²) in [6.07, 6.45) is 6.09. The Kier molecular flexibility index (Phi) is 5.84. The van der Waals surface area contributed by atoms with Gasteiger partial charge in [0, 0.05) is 36.2 Å². The topological polar surface area (TPSA) is 74.3 Å². The summed E-state index contributed by atoms with van der Waals surface area (Å²) in [7, 11) is 0. The minimum Gasteiger partial charge on any atom is -0.342 e. The van der Waals surface area contributed by atoms with Crippen LogP contribution in [0.5, 0.6) is 0 Å². The van der Waals surface area contributed by atoms with Gasteiger partial charge in [0.2, 0.25) is 11.8 Å². The molecule has 130 valence electrons. The lowest BCUT2D eigenvalue weighted by molar-refractivity contribution is -0.135. The van der Waals surface area contributed by atoms with Gasteiger partial charge in [-0.05, 0) is 60.3 Å². The molecule has 0 bridgehead atoms. The van der Waals surface area contributed by atoms with Crippen molar-refractivity contribution in [3.05, 3.63) is 22.8 Å². The quantitative estimate of drug-likeness (QED) is 0.820. The maximum atomic E-state index is 12.5. The number of rotatable bonds is 4. The summed E-state index contributed by atoms with van der Waals surface area (Å²) < 4.78 is 0.871. The highest BCUT2D eigenvalue weighted by atomic mass is 79.9. The van der Waals surface area contributed by atoms with Crippen molar-refractivity contribution < 1.29 is 9.59 Å². The molecule has 3 heterocycles. The highest BCUT2D eigenvalue weighted by Crippen LogP contribution is 2.20. The summed E-state index contributed by atoms with van der Waals surface area (Å²) in [4.78, 5) is 30.9. The molecular formula is C17H23BrN4O2. The van der Waals surface area contributed by atoms with Gasteiger partial charge < -0.3 is 15.5 Å². The first kappa shape index (κ1) is 17.4. The molecule has 6 nitrogen and oxygen atoms in total. The second-order valence-electron chi connectivity index (χ2n) is 6.53. The second-order valence-corrected chi connectivity index (χ2v) is 7.44. The number of anilines is 1. The molecule has 0 aromatic carbocycles. The lowest BCUT2D eigenvalue weighted by atomic mass is 9.96. The third kappa shape index (κ3) is 4.54. The fourth-order valence-corrected chi connectivity index (χ4v) is 3.60. The van der Waals surface area contributed by atoms with Crippen LogP contribution in [-0.2, 0) is 9.59 Å². The van der Waals surface area contributed by atoms with Gasteiger partial charge in [0.05, 0.1) is 5.92 Å². The Morgan fingerprint density at radius 1 is 1.33 bits per heavy atom. The molecule has 2 fully saturated rings. The van der Waals surface area contributed by atoms with Gasteiger partial charge in [-0.15, -0.1) is 0 Å². The monoisotopic (exact) mass is 394 g/mol. The van der Waals surface area contributed by atoms with Gasteiger partial charge in [0.15, 0.2) is 0 Å². The second kappa shape index (κ2) is 8.07. The van der Waals surface area contributed by atoms with Crippen LogP contribution in [0.3, 0.4) is 0 Å². The zero-order valence-electron chi connectivity index (χ0n) is 13.6. The molecule has 2 aliphatic rings. The molecule has 2 aliphatic heterocycles. The van der Waals surface area contributed by atoms with Crippen LogP contribution < -0.4 is 10.6 Å². The number of hydrogen-bond acceptors (Lipinski definition) is 4. The molecule has 0 saturated carbocycles. The van der Waals surface area contributed by atoms with Crippen molar-refractivity contribution >= 4 is 33.6 Å². The van der Waals surface area contributed by atoms with Gasteiger partial charge in [-0.2, -0.15) is 0 Å². The third-order valence-electron chi connectivity index (χ3n) is 4.71. The molecule has 0 aliphatic carbocycles. The van der Waals surface area contributed by atoms with Crippen LogP contribution in [0.4, 0.5) is 5.82 Å². The number of nitrogens with zero attached hydrogens (tertiary/aromatic N) is 2. The summed E-state index contributed by atoms with van der Waals surface area (Å²) in [5.41, 5.74) is 0. The average molecular weight is 395 g/mol. The Morgan fingerprint density at radius 2 is 2.21 bits per heavy atom. The minimum absolute atomic E-state index is 0.0543. The van der Waals surface area contributed by atoms with Gasteiger partial charge in [0.1, 0.15) is 5.82 Å². The molecule has 0 radical (unpaired) electrons. The smallest absolute Gasteiger partial charge is 0.230 e. The fraction of sp³-hybridized carbons (Fsp3) is 0.588. The molecule has 2 saturated heterocycles. The van der Waals surface area contributed by atoms with Crippen molar-refractivity contribution in [1.82, 2.24) is 15.2 Å². The van der Waals surface area contributed by atoms with E-state index >= 15 is 0 Å². The van der Waals surface area contributed by atoms with Crippen molar-refractivity contribution in [3.8, 4) is 0 Å². The van der Waals surface area contributed by atoms with E-state index in [4.69, 9.17) is 0 Å². The van der Waals surface area contributed by atoms with Crippen LogP contribution in [0.25, 0.3) is 0 Å². The maximum Gasteiger partial charge on any atom is 0.230 e. The molecule has 0 spiro atoms. The Morgan fingerprint density at radius 3 is 2.92 bits per heavy atom. The molecule has 2 N–H and O–H groups in total. The Bertz CT molecular complexity index is 587. The van der Waals surface area contributed by atoms with Crippen molar-refractivity contribution in [2.45, 2.75) is 38.1 Å². The number of likely N-dealkylation sites (tertiary alicyclic amines) is 1. The van der Waals surface area contributed by atoms with E-state index in [1.54, 1.807) is 12.3 Å². The van der Waals surface area contributed by atoms with Crippen molar-refractivity contribution in [2.24, 2.45) is 5.92 Å². The molecular weight excluding hydrogens is 372 g/mol. The van der Waals surface area contributed by atoms with Gasteiger partial charge in [0.25, 0.3) is 0 Å². The number of aromatic nitrogens is 1. The van der Waals surface area contributed by atoms with E-state index in [-0.39, 0.29) is 17.7 Å². The van der Waals surface area contributed by atoms with Gasteiger partial charge in [-0.3, -0.25) is 9.59 Å². The maximum absolute atomic E-state index is 12.5. The van der Waals surface area contributed by atoms with Crippen LogP contribution >= 0.6 is 15.9 Å². The van der Waals surface area contributed by atoms with Crippen LogP contribution in [0.15, 0.2) is 22.8 Å². The van der Waals surface area contributed by atoms with Gasteiger partial charge in [-0.25, -0.2) is 4.98 Å². The van der Waals surface area contributed by atoms with E-state index < -0.39 is 0 Å². The summed E-state index contributed by atoms with van der Waals surface area (Å²) in [5, 5.41) is 6.21. The molecule has 1 aromatic heterocycles. The lowest BCUT2D eigenvalue weighted by Crippen LogP contribution is -2.45. The molecule has 1 aromatic rings. The largest absolute Gasteiger partial charge is 0.342 e. The van der Waals surface area contributed by atoms with Crippen LogP contribution in [0.1, 0.15) is 32.1 Å². The van der Waals surface area contributed by atoms with Crippen LogP contribution in [-0.4, -0.2) is 47.4 Å². The fourth-order valence-electron chi connectivity index (χ4n) is 3.37. The normalized spacial score (nSPS) is 24.0. The first-order valence-electron chi connectivity index (χ1n) is 8.55. The van der Waals surface area contributed by atoms with Crippen molar-refractivity contribution in [3.63, 3.8) is 0 Å². The first-order chi connectivity index (χ1) is 11.6. The van der Waals surface area contributed by atoms with Crippen molar-refractivity contribution in [1.29, 1.82) is 0 Å². The average Bonchev–Trinajstić information content (AvgIpc) is 3.10. The van der Waals surface area contributed by atoms with E-state index in [1.165, 1.54) is 0 Å². The highest BCUT2D eigenvalue weighted by Gasteiger charge is 2.30. The predicted molar refractivity (Wildman–Crippen MR) is 95.5 cm³/mol. The van der Waals surface area contributed by atoms with E-state index in [1.807, 2.05) is 11.0 Å². The number of carbonyl (C=O) groups is 2. The molecule has 24 heavy (non-hydrogen) atoms. The van der Waals surface area contributed by atoms with E-state index in [0.717, 1.165) is 43.2 Å². The molecule has 7 heteroatoms. The summed E-state index contributed by atoms with van der Waals surface area (Å²) in [5.74, 6) is 0.487. The van der Waals surface area contributed by atoms with Crippen molar-refractivity contribution in [2.75, 3.05) is 25.0 Å². The van der Waals surface area contributed by atoms with E-state index in [9.17, 15) is 9.59 Å². The summed E-state index contributed by atoms with van der Waals surface area (Å²) in [6.45, 7) is 2.27. The zero-order chi connectivity index (χ0) is 16.9. The number of pyridine rings is 1. The number of halogens is 1. The van der Waals surface area contributed by atoms with Crippen LogP contribution in [0, 0.1) is 5.92 Å². The number of nitrogens with one attached hydrogen (secondary N) is 2. The predicted octanol–water partition coefficient (Wildman–Crippen LogP) is 2.16. The number of piperidine rings is 1. The molecule has 2 unspecified atom stereocenters. The Hall–Kier alpha value is -1.47. The van der Waals surface area contributed by atoms with E-state index in [2.05, 4.69) is 31.5 Å². The minimum atomic E-state index is -0.162.